The summed E-state index contributed by atoms with van der Waals surface area (Å²) in [5.41, 5.74) is 2.25. The van der Waals surface area contributed by atoms with Crippen LogP contribution in [0, 0.1) is 0 Å². The van der Waals surface area contributed by atoms with Gasteiger partial charge in [0.05, 0.1) is 29.7 Å². The molecule has 1 fully saturated rings. The Balaban J connectivity index is 1.60. The molecule has 1 saturated heterocycles. The van der Waals surface area contributed by atoms with Crippen molar-refractivity contribution in [2.24, 2.45) is 0 Å². The third-order valence-electron chi connectivity index (χ3n) is 9.58. The zero-order valence-electron chi connectivity index (χ0n) is 30.4. The molecule has 4 aromatic rings. The highest BCUT2D eigenvalue weighted by Crippen LogP contribution is 2.41. The van der Waals surface area contributed by atoms with E-state index in [9.17, 15) is 14.7 Å². The topological polar surface area (TPSA) is 87.9 Å². The highest BCUT2D eigenvalue weighted by molar-refractivity contribution is 5.98. The first-order chi connectivity index (χ1) is 24.0. The fraction of sp³-hybridized carbons (Fsp3) is 0.452. The second kappa shape index (κ2) is 16.5. The van der Waals surface area contributed by atoms with E-state index in [1.54, 1.807) is 11.2 Å². The molecular formula is C42H54N4O4. The Bertz CT molecular complexity index is 1660. The highest BCUT2D eigenvalue weighted by atomic mass is 16.6. The maximum absolute atomic E-state index is 14.9. The van der Waals surface area contributed by atoms with Gasteiger partial charge in [0.1, 0.15) is 5.60 Å². The van der Waals surface area contributed by atoms with Gasteiger partial charge in [-0.1, -0.05) is 131 Å². The standard InChI is InChI=1S/C42H54N4O4/c1-6-8-25-42(49,26-9-7-2)38(34-23-17-12-18-24-34)46-31-43-36(37(46)33-21-15-11-16-22-33)39(47)45-28-27-44(40(48)50-41(3,4)5)30-35(45)29-32-19-13-10-14-20-32/h10-24,31,35,38,49H,6-9,25-30H2,1-5H3/t35-,38+/m1/s1. The molecule has 50 heavy (non-hydrogen) atoms. The van der Waals surface area contributed by atoms with E-state index in [1.165, 1.54) is 0 Å². The molecule has 0 radical (unpaired) electrons. The van der Waals surface area contributed by atoms with Gasteiger partial charge in [-0.15, -0.1) is 0 Å². The molecule has 1 aliphatic heterocycles. The molecule has 0 unspecified atom stereocenters. The number of imidazole rings is 1. The Morgan fingerprint density at radius 3 is 2.02 bits per heavy atom. The lowest BCUT2D eigenvalue weighted by Gasteiger charge is -2.42. The van der Waals surface area contributed by atoms with Gasteiger partial charge in [0.25, 0.3) is 5.91 Å². The summed E-state index contributed by atoms with van der Waals surface area (Å²) >= 11 is 0. The number of piperazine rings is 1. The predicted octanol–water partition coefficient (Wildman–Crippen LogP) is 8.56. The van der Waals surface area contributed by atoms with Crippen molar-refractivity contribution in [2.75, 3.05) is 19.6 Å². The Hall–Kier alpha value is -4.43. The minimum atomic E-state index is -1.06. The van der Waals surface area contributed by atoms with E-state index >= 15 is 0 Å². The Morgan fingerprint density at radius 1 is 0.860 bits per heavy atom. The van der Waals surface area contributed by atoms with Gasteiger partial charge in [-0.3, -0.25) is 4.79 Å². The average molecular weight is 679 g/mol. The fourth-order valence-electron chi connectivity index (χ4n) is 7.14. The second-order valence-corrected chi connectivity index (χ2v) is 14.6. The molecule has 2 atom stereocenters. The number of aromatic nitrogens is 2. The summed E-state index contributed by atoms with van der Waals surface area (Å²) in [5.74, 6) is -0.190. The second-order valence-electron chi connectivity index (χ2n) is 14.6. The van der Waals surface area contributed by atoms with E-state index in [0.29, 0.717) is 50.3 Å². The van der Waals surface area contributed by atoms with Crippen LogP contribution in [0.3, 0.4) is 0 Å². The van der Waals surface area contributed by atoms with E-state index < -0.39 is 17.2 Å². The van der Waals surface area contributed by atoms with E-state index in [4.69, 9.17) is 9.72 Å². The van der Waals surface area contributed by atoms with Crippen molar-refractivity contribution in [3.8, 4) is 11.3 Å². The van der Waals surface area contributed by atoms with Crippen LogP contribution in [-0.2, 0) is 11.2 Å². The SMILES string of the molecule is CCCCC(O)(CCCC)[C@H](c1ccccc1)n1cnc(C(=O)N2CCN(C(=O)OC(C)(C)C)C[C@H]2Cc2ccccc2)c1-c1ccccc1. The lowest BCUT2D eigenvalue weighted by molar-refractivity contribution is -0.0172. The molecule has 2 amide bonds. The zero-order valence-corrected chi connectivity index (χ0v) is 30.4. The van der Waals surface area contributed by atoms with Crippen LogP contribution in [-0.4, -0.2) is 73.3 Å². The van der Waals surface area contributed by atoms with Crippen LogP contribution in [0.1, 0.15) is 101 Å². The summed E-state index contributed by atoms with van der Waals surface area (Å²) < 4.78 is 7.78. The number of carbonyl (C=O) groups excluding carboxylic acids is 2. The van der Waals surface area contributed by atoms with Crippen molar-refractivity contribution in [1.82, 2.24) is 19.4 Å². The predicted molar refractivity (Wildman–Crippen MR) is 199 cm³/mol. The molecule has 0 spiro atoms. The fourth-order valence-corrected chi connectivity index (χ4v) is 7.14. The summed E-state index contributed by atoms with van der Waals surface area (Å²) in [7, 11) is 0. The minimum Gasteiger partial charge on any atom is -0.444 e. The van der Waals surface area contributed by atoms with Crippen molar-refractivity contribution in [2.45, 2.75) is 103 Å². The molecule has 3 aromatic carbocycles. The van der Waals surface area contributed by atoms with Crippen LogP contribution in [0.15, 0.2) is 97.3 Å². The molecule has 8 nitrogen and oxygen atoms in total. The summed E-state index contributed by atoms with van der Waals surface area (Å²) in [5, 5.41) is 12.7. The lowest BCUT2D eigenvalue weighted by atomic mass is 9.80. The molecule has 8 heteroatoms. The van der Waals surface area contributed by atoms with Crippen molar-refractivity contribution < 1.29 is 19.4 Å². The number of carbonyl (C=O) groups is 2. The summed E-state index contributed by atoms with van der Waals surface area (Å²) in [6, 6.07) is 29.4. The average Bonchev–Trinajstić information content (AvgIpc) is 3.54. The molecule has 0 aliphatic carbocycles. The lowest BCUT2D eigenvalue weighted by Crippen LogP contribution is -2.58. The smallest absolute Gasteiger partial charge is 0.410 e. The highest BCUT2D eigenvalue weighted by Gasteiger charge is 2.42. The summed E-state index contributed by atoms with van der Waals surface area (Å²) in [4.78, 5) is 36.6. The van der Waals surface area contributed by atoms with Crippen LogP contribution >= 0.6 is 0 Å². The van der Waals surface area contributed by atoms with Crippen LogP contribution < -0.4 is 0 Å². The largest absolute Gasteiger partial charge is 0.444 e. The number of hydrogen-bond donors (Lipinski definition) is 1. The first-order valence-electron chi connectivity index (χ1n) is 18.3. The van der Waals surface area contributed by atoms with Gasteiger partial charge >= 0.3 is 6.09 Å². The van der Waals surface area contributed by atoms with E-state index in [0.717, 1.165) is 42.4 Å². The maximum atomic E-state index is 14.9. The maximum Gasteiger partial charge on any atom is 0.410 e. The molecule has 5 rings (SSSR count). The number of ether oxygens (including phenoxy) is 1. The number of hydrogen-bond acceptors (Lipinski definition) is 5. The van der Waals surface area contributed by atoms with Gasteiger partial charge in [0, 0.05) is 25.2 Å². The monoisotopic (exact) mass is 678 g/mol. The Kier molecular flexibility index (Phi) is 12.2. The van der Waals surface area contributed by atoms with E-state index in [2.05, 4.69) is 38.1 Å². The molecular weight excluding hydrogens is 624 g/mol. The van der Waals surface area contributed by atoms with Gasteiger partial charge in [0.2, 0.25) is 0 Å². The van der Waals surface area contributed by atoms with Crippen LogP contribution in [0.25, 0.3) is 11.3 Å². The normalized spacial score (nSPS) is 15.9. The molecule has 266 valence electrons. The first kappa shape index (κ1) is 36.8. The Labute approximate surface area is 298 Å². The quantitative estimate of drug-likeness (QED) is 0.153. The van der Waals surface area contributed by atoms with E-state index in [1.807, 2.05) is 97.0 Å². The zero-order chi connectivity index (χ0) is 35.7. The number of rotatable bonds is 13. The summed E-state index contributed by atoms with van der Waals surface area (Å²) in [6.45, 7) is 10.9. The summed E-state index contributed by atoms with van der Waals surface area (Å²) in [6.07, 6.45) is 6.91. The number of amides is 2. The number of nitrogens with zero attached hydrogens (tertiary/aromatic N) is 4. The van der Waals surface area contributed by atoms with Crippen LogP contribution in [0.5, 0.6) is 0 Å². The molecule has 1 aliphatic rings. The minimum absolute atomic E-state index is 0.190. The van der Waals surface area contributed by atoms with Gasteiger partial charge in [0.15, 0.2) is 5.69 Å². The van der Waals surface area contributed by atoms with Crippen molar-refractivity contribution >= 4 is 12.0 Å². The van der Waals surface area contributed by atoms with E-state index in [-0.39, 0.29) is 18.0 Å². The number of unbranched alkanes of at least 4 members (excludes halogenated alkanes) is 2. The van der Waals surface area contributed by atoms with Gasteiger partial charge < -0.3 is 24.2 Å². The number of benzene rings is 3. The van der Waals surface area contributed by atoms with Gasteiger partial charge in [-0.05, 0) is 51.2 Å². The van der Waals surface area contributed by atoms with Crippen LogP contribution in [0.4, 0.5) is 4.79 Å². The van der Waals surface area contributed by atoms with Crippen molar-refractivity contribution in [3.05, 3.63) is 114 Å². The van der Waals surface area contributed by atoms with Crippen molar-refractivity contribution in [1.29, 1.82) is 0 Å². The van der Waals surface area contributed by atoms with Crippen molar-refractivity contribution in [3.63, 3.8) is 0 Å². The van der Waals surface area contributed by atoms with Gasteiger partial charge in [-0.2, -0.15) is 0 Å². The molecule has 1 aromatic heterocycles. The first-order valence-corrected chi connectivity index (χ1v) is 18.3. The third-order valence-corrected chi connectivity index (χ3v) is 9.58. The Morgan fingerprint density at radius 2 is 1.44 bits per heavy atom. The third kappa shape index (κ3) is 8.83. The molecule has 0 bridgehead atoms. The number of aliphatic hydroxyl groups is 1. The molecule has 0 saturated carbocycles. The molecule has 1 N–H and O–H groups in total. The van der Waals surface area contributed by atoms with Crippen LogP contribution in [0.2, 0.25) is 0 Å². The molecule has 2 heterocycles. The van der Waals surface area contributed by atoms with Gasteiger partial charge in [-0.25, -0.2) is 9.78 Å².